The Morgan fingerprint density at radius 1 is 0.500 bits per heavy atom. The number of rotatable bonds is 6. The largest absolute Gasteiger partial charge is 0.0735 e. The van der Waals surface area contributed by atoms with Crippen LogP contribution in [0.1, 0.15) is 29.2 Å². The molecule has 4 aromatic rings. The van der Waals surface area contributed by atoms with Crippen molar-refractivity contribution in [2.24, 2.45) is 5.41 Å². The monoisotopic (exact) mass is 462 g/mol. The number of allylic oxidation sites excluding steroid dienone is 8. The molecule has 0 heteroatoms. The molecule has 0 spiro atoms. The summed E-state index contributed by atoms with van der Waals surface area (Å²) in [5.74, 6) is 0. The van der Waals surface area contributed by atoms with E-state index in [2.05, 4.69) is 171 Å². The van der Waals surface area contributed by atoms with E-state index in [9.17, 15) is 0 Å². The first-order chi connectivity index (χ1) is 17.7. The van der Waals surface area contributed by atoms with Gasteiger partial charge in [0.05, 0.1) is 5.41 Å². The van der Waals surface area contributed by atoms with Crippen LogP contribution in [0.15, 0.2) is 164 Å². The van der Waals surface area contributed by atoms with E-state index in [1.807, 2.05) is 0 Å². The van der Waals surface area contributed by atoms with Crippen LogP contribution in [0.25, 0.3) is 5.57 Å². The average Bonchev–Trinajstić information content (AvgIpc) is 3.60. The van der Waals surface area contributed by atoms with Gasteiger partial charge in [0.1, 0.15) is 0 Å². The van der Waals surface area contributed by atoms with Crippen LogP contribution in [0, 0.1) is 5.41 Å². The van der Waals surface area contributed by atoms with E-state index < -0.39 is 10.8 Å². The van der Waals surface area contributed by atoms with E-state index in [-0.39, 0.29) is 5.41 Å². The highest BCUT2D eigenvalue weighted by Gasteiger charge is 2.63. The van der Waals surface area contributed by atoms with E-state index in [4.69, 9.17) is 0 Å². The average molecular weight is 463 g/mol. The van der Waals surface area contributed by atoms with E-state index >= 15 is 0 Å². The molecule has 1 atom stereocenters. The SMILES string of the molecule is CC1(C(c2ccccc2)(c2ccccc2)C2(c3ccccc3)C=CC=C2c2ccccc2)C=CC=C1. The first-order valence-corrected chi connectivity index (χ1v) is 12.7. The molecule has 2 aliphatic rings. The van der Waals surface area contributed by atoms with Crippen molar-refractivity contribution in [1.82, 2.24) is 0 Å². The standard InChI is InChI=1S/C36H30/c1-34(26-14-15-27-34)36(31-21-10-4-11-22-31,32-23-12-5-13-24-32)35(30-19-8-3-9-20-30)28-16-25-33(35)29-17-6-2-7-18-29/h2-28H,1H3. The van der Waals surface area contributed by atoms with E-state index in [1.54, 1.807) is 0 Å². The van der Waals surface area contributed by atoms with Gasteiger partial charge < -0.3 is 0 Å². The molecule has 1 unspecified atom stereocenters. The summed E-state index contributed by atoms with van der Waals surface area (Å²) in [5.41, 5.74) is 5.22. The Morgan fingerprint density at radius 3 is 1.50 bits per heavy atom. The molecule has 0 heterocycles. The molecule has 4 aromatic carbocycles. The highest BCUT2D eigenvalue weighted by Crippen LogP contribution is 2.66. The zero-order valence-electron chi connectivity index (χ0n) is 20.6. The third kappa shape index (κ3) is 3.08. The third-order valence-electron chi connectivity index (χ3n) is 8.16. The molecule has 174 valence electrons. The van der Waals surface area contributed by atoms with Gasteiger partial charge in [0.15, 0.2) is 0 Å². The molecule has 2 aliphatic carbocycles. The van der Waals surface area contributed by atoms with Crippen LogP contribution >= 0.6 is 0 Å². The minimum absolute atomic E-state index is 0.298. The van der Waals surface area contributed by atoms with E-state index in [0.717, 1.165) is 0 Å². The second-order valence-electron chi connectivity index (χ2n) is 9.96. The van der Waals surface area contributed by atoms with Gasteiger partial charge in [-0.15, -0.1) is 0 Å². The van der Waals surface area contributed by atoms with Crippen LogP contribution in [0.2, 0.25) is 0 Å². The minimum Gasteiger partial charge on any atom is -0.0735 e. The molecule has 0 bridgehead atoms. The van der Waals surface area contributed by atoms with E-state index in [1.165, 1.54) is 27.8 Å². The van der Waals surface area contributed by atoms with Crippen LogP contribution in [-0.4, -0.2) is 0 Å². The molecular formula is C36H30. The van der Waals surface area contributed by atoms with Gasteiger partial charge in [0, 0.05) is 10.8 Å². The second kappa shape index (κ2) is 8.81. The predicted octanol–water partition coefficient (Wildman–Crippen LogP) is 8.70. The lowest BCUT2D eigenvalue weighted by molar-refractivity contribution is 0.243. The van der Waals surface area contributed by atoms with Crippen molar-refractivity contribution in [3.63, 3.8) is 0 Å². The Labute approximate surface area is 214 Å². The maximum absolute atomic E-state index is 2.45. The Bertz CT molecular complexity index is 1400. The number of benzene rings is 4. The molecule has 0 N–H and O–H groups in total. The number of hydrogen-bond donors (Lipinski definition) is 0. The maximum atomic E-state index is 2.45. The van der Waals surface area contributed by atoms with Crippen molar-refractivity contribution in [1.29, 1.82) is 0 Å². The first-order valence-electron chi connectivity index (χ1n) is 12.7. The quantitative estimate of drug-likeness (QED) is 0.269. The Balaban J connectivity index is 1.83. The highest BCUT2D eigenvalue weighted by atomic mass is 14.6. The summed E-state index contributed by atoms with van der Waals surface area (Å²) in [6, 6.07) is 44.2. The van der Waals surface area contributed by atoms with Crippen molar-refractivity contribution in [3.8, 4) is 0 Å². The normalized spacial score (nSPS) is 20.0. The van der Waals surface area contributed by atoms with Crippen molar-refractivity contribution in [2.45, 2.75) is 17.8 Å². The van der Waals surface area contributed by atoms with Gasteiger partial charge in [-0.2, -0.15) is 0 Å². The fourth-order valence-electron chi connectivity index (χ4n) is 6.81. The van der Waals surface area contributed by atoms with Gasteiger partial charge in [-0.25, -0.2) is 0 Å². The molecule has 0 radical (unpaired) electrons. The summed E-state index contributed by atoms with van der Waals surface area (Å²) < 4.78 is 0. The number of hydrogen-bond acceptors (Lipinski definition) is 0. The Morgan fingerprint density at radius 2 is 0.972 bits per heavy atom. The minimum atomic E-state index is -0.470. The molecule has 0 saturated heterocycles. The lowest BCUT2D eigenvalue weighted by Crippen LogP contribution is -2.57. The van der Waals surface area contributed by atoms with Crippen molar-refractivity contribution in [2.75, 3.05) is 0 Å². The van der Waals surface area contributed by atoms with Gasteiger partial charge in [0.25, 0.3) is 0 Å². The third-order valence-corrected chi connectivity index (χ3v) is 8.16. The van der Waals surface area contributed by atoms with Crippen LogP contribution in [0.4, 0.5) is 0 Å². The van der Waals surface area contributed by atoms with E-state index in [0.29, 0.717) is 0 Å². The summed E-state index contributed by atoms with van der Waals surface area (Å²) >= 11 is 0. The molecule has 0 nitrogen and oxygen atoms in total. The van der Waals surface area contributed by atoms with Gasteiger partial charge >= 0.3 is 0 Å². The summed E-state index contributed by atoms with van der Waals surface area (Å²) in [5, 5.41) is 0. The van der Waals surface area contributed by atoms with Gasteiger partial charge in [0.2, 0.25) is 0 Å². The summed E-state index contributed by atoms with van der Waals surface area (Å²) in [7, 11) is 0. The summed E-state index contributed by atoms with van der Waals surface area (Å²) in [6.07, 6.45) is 16.3. The van der Waals surface area contributed by atoms with Crippen LogP contribution in [0.5, 0.6) is 0 Å². The van der Waals surface area contributed by atoms with Gasteiger partial charge in [-0.3, -0.25) is 0 Å². The zero-order chi connectivity index (χ0) is 24.5. The topological polar surface area (TPSA) is 0 Å². The van der Waals surface area contributed by atoms with Crippen molar-refractivity contribution >= 4 is 5.57 Å². The maximum Gasteiger partial charge on any atom is 0.0539 e. The Hall–Kier alpha value is -4.16. The molecule has 0 aromatic heterocycles. The molecule has 0 fully saturated rings. The summed E-state index contributed by atoms with van der Waals surface area (Å²) in [6.45, 7) is 2.40. The van der Waals surface area contributed by atoms with Crippen LogP contribution < -0.4 is 0 Å². The first kappa shape index (κ1) is 22.3. The molecule has 0 aliphatic heterocycles. The zero-order valence-corrected chi connectivity index (χ0v) is 20.6. The molecule has 6 rings (SSSR count). The molecule has 0 amide bonds. The summed E-state index contributed by atoms with van der Waals surface area (Å²) in [4.78, 5) is 0. The van der Waals surface area contributed by atoms with Crippen LogP contribution in [0.3, 0.4) is 0 Å². The fourth-order valence-corrected chi connectivity index (χ4v) is 6.81. The highest BCUT2D eigenvalue weighted by molar-refractivity contribution is 5.86. The molecule has 0 saturated carbocycles. The van der Waals surface area contributed by atoms with Gasteiger partial charge in [-0.05, 0) is 27.8 Å². The lowest BCUT2D eigenvalue weighted by atomic mass is 9.43. The van der Waals surface area contributed by atoms with Gasteiger partial charge in [-0.1, -0.05) is 171 Å². The lowest BCUT2D eigenvalue weighted by Gasteiger charge is -2.58. The predicted molar refractivity (Wildman–Crippen MR) is 152 cm³/mol. The van der Waals surface area contributed by atoms with Crippen molar-refractivity contribution < 1.29 is 0 Å². The molecule has 36 heavy (non-hydrogen) atoms. The molecular weight excluding hydrogens is 432 g/mol. The Kier molecular flexibility index (Phi) is 5.46. The van der Waals surface area contributed by atoms with Crippen LogP contribution in [-0.2, 0) is 10.8 Å². The smallest absolute Gasteiger partial charge is 0.0539 e. The second-order valence-corrected chi connectivity index (χ2v) is 9.96. The fraction of sp³-hybridized carbons (Fsp3) is 0.111. The van der Waals surface area contributed by atoms with Crippen molar-refractivity contribution in [3.05, 3.63) is 186 Å².